The van der Waals surface area contributed by atoms with Crippen molar-refractivity contribution in [3.63, 3.8) is 0 Å². The van der Waals surface area contributed by atoms with Crippen molar-refractivity contribution in [2.24, 2.45) is 0 Å². The van der Waals surface area contributed by atoms with E-state index in [0.717, 1.165) is 5.69 Å². The molecule has 1 aromatic heterocycles. The van der Waals surface area contributed by atoms with E-state index in [1.165, 1.54) is 10.1 Å². The average molecular weight is 283 g/mol. The van der Waals surface area contributed by atoms with Gasteiger partial charge < -0.3 is 5.32 Å². The van der Waals surface area contributed by atoms with Gasteiger partial charge in [0, 0.05) is 16.9 Å². The van der Waals surface area contributed by atoms with Crippen LogP contribution in [0.5, 0.6) is 0 Å². The first kappa shape index (κ1) is 13.4. The number of hydrogen-bond acceptors (Lipinski definition) is 4. The predicted molar refractivity (Wildman–Crippen MR) is 79.2 cm³/mol. The van der Waals surface area contributed by atoms with Crippen LogP contribution in [0.3, 0.4) is 0 Å². The molecule has 18 heavy (non-hydrogen) atoms. The molecule has 0 saturated carbocycles. The number of hydrogen-bond donors (Lipinski definition) is 1. The molecule has 0 unspecified atom stereocenters. The van der Waals surface area contributed by atoms with Gasteiger partial charge in [-0.05, 0) is 48.9 Å². The lowest BCUT2D eigenvalue weighted by Crippen LogP contribution is -2.22. The smallest absolute Gasteiger partial charge is 0.154 e. The number of fused-ring (bicyclic) bond motifs is 1. The number of anilines is 1. The maximum Gasteiger partial charge on any atom is 0.154 e. The highest BCUT2D eigenvalue weighted by atomic mass is 32.2. The fourth-order valence-electron chi connectivity index (χ4n) is 1.65. The second-order valence-corrected chi connectivity index (χ2v) is 8.14. The van der Waals surface area contributed by atoms with Gasteiger partial charge in [0.2, 0.25) is 0 Å². The Kier molecular flexibility index (Phi) is 3.92. The van der Waals surface area contributed by atoms with Gasteiger partial charge in [0.15, 0.2) is 9.84 Å². The number of sulfone groups is 1. The summed E-state index contributed by atoms with van der Waals surface area (Å²) >= 11 is 1.70. The van der Waals surface area contributed by atoms with Crippen LogP contribution in [0.1, 0.15) is 13.8 Å². The molecule has 2 rings (SSSR count). The summed E-state index contributed by atoms with van der Waals surface area (Å²) in [5.41, 5.74) is 0.972. The lowest BCUT2D eigenvalue weighted by Gasteiger charge is -2.09. The van der Waals surface area contributed by atoms with Gasteiger partial charge in [-0.25, -0.2) is 8.42 Å². The molecule has 0 aliphatic rings. The summed E-state index contributed by atoms with van der Waals surface area (Å²) in [6.45, 7) is 3.88. The second kappa shape index (κ2) is 5.28. The van der Waals surface area contributed by atoms with E-state index in [1.54, 1.807) is 25.2 Å². The maximum absolute atomic E-state index is 11.7. The second-order valence-electron chi connectivity index (χ2n) is 4.52. The molecule has 1 N–H and O–H groups in total. The molecule has 3 nitrogen and oxygen atoms in total. The Labute approximate surface area is 112 Å². The molecule has 98 valence electrons. The summed E-state index contributed by atoms with van der Waals surface area (Å²) in [7, 11) is -2.96. The average Bonchev–Trinajstić information content (AvgIpc) is 2.75. The van der Waals surface area contributed by atoms with E-state index in [4.69, 9.17) is 0 Å². The maximum atomic E-state index is 11.7. The number of nitrogens with one attached hydrogen (secondary N) is 1. The zero-order valence-corrected chi connectivity index (χ0v) is 12.1. The van der Waals surface area contributed by atoms with Gasteiger partial charge in [-0.15, -0.1) is 11.3 Å². The third kappa shape index (κ3) is 3.03. The lowest BCUT2D eigenvalue weighted by molar-refractivity contribution is 0.588. The molecule has 0 bridgehead atoms. The molecule has 0 atom stereocenters. The lowest BCUT2D eigenvalue weighted by atomic mass is 10.2. The molecule has 0 fully saturated rings. The summed E-state index contributed by atoms with van der Waals surface area (Å²) < 4.78 is 24.6. The molecule has 0 radical (unpaired) electrons. The van der Waals surface area contributed by atoms with Crippen molar-refractivity contribution in [2.45, 2.75) is 19.1 Å². The van der Waals surface area contributed by atoms with Crippen LogP contribution < -0.4 is 5.32 Å². The van der Waals surface area contributed by atoms with Crippen LogP contribution in [-0.2, 0) is 9.84 Å². The van der Waals surface area contributed by atoms with Crippen molar-refractivity contribution >= 4 is 36.9 Å². The Hall–Kier alpha value is -1.07. The van der Waals surface area contributed by atoms with Crippen LogP contribution in [0, 0.1) is 0 Å². The SMILES string of the molecule is CC(C)S(=O)(=O)CCNc1ccc2sccc2c1. The van der Waals surface area contributed by atoms with Gasteiger partial charge in [0.1, 0.15) is 0 Å². The first-order valence-electron chi connectivity index (χ1n) is 5.92. The van der Waals surface area contributed by atoms with Crippen molar-refractivity contribution in [3.8, 4) is 0 Å². The minimum Gasteiger partial charge on any atom is -0.384 e. The van der Waals surface area contributed by atoms with Gasteiger partial charge in [-0.3, -0.25) is 0 Å². The first-order chi connectivity index (χ1) is 8.49. The topological polar surface area (TPSA) is 46.2 Å². The monoisotopic (exact) mass is 283 g/mol. The fourth-order valence-corrected chi connectivity index (χ4v) is 3.28. The van der Waals surface area contributed by atoms with Gasteiger partial charge in [0.25, 0.3) is 0 Å². The van der Waals surface area contributed by atoms with Crippen LogP contribution in [0.2, 0.25) is 0 Å². The highest BCUT2D eigenvalue weighted by Crippen LogP contribution is 2.23. The predicted octanol–water partition coefficient (Wildman–Crippen LogP) is 3.14. The standard InChI is InChI=1S/C13H17NO2S2/c1-10(2)18(15,16)8-6-14-12-3-4-13-11(9-12)5-7-17-13/h3-5,7,9-10,14H,6,8H2,1-2H3. The van der Waals surface area contributed by atoms with Crippen LogP contribution in [0.15, 0.2) is 29.6 Å². The van der Waals surface area contributed by atoms with Crippen LogP contribution in [-0.4, -0.2) is 26.0 Å². The molecular formula is C13H17NO2S2. The van der Waals surface area contributed by atoms with Crippen molar-refractivity contribution in [2.75, 3.05) is 17.6 Å². The summed E-state index contributed by atoms with van der Waals surface area (Å²) in [6.07, 6.45) is 0. The van der Waals surface area contributed by atoms with E-state index >= 15 is 0 Å². The summed E-state index contributed by atoms with van der Waals surface area (Å²) in [5.74, 6) is 0.173. The van der Waals surface area contributed by atoms with E-state index in [-0.39, 0.29) is 11.0 Å². The minimum absolute atomic E-state index is 0.173. The van der Waals surface area contributed by atoms with Crippen molar-refractivity contribution in [1.82, 2.24) is 0 Å². The Balaban J connectivity index is 1.98. The van der Waals surface area contributed by atoms with E-state index in [0.29, 0.717) is 6.54 Å². The van der Waals surface area contributed by atoms with E-state index in [2.05, 4.69) is 22.8 Å². The molecule has 1 heterocycles. The largest absolute Gasteiger partial charge is 0.384 e. The number of thiophene rings is 1. The Morgan fingerprint density at radius 2 is 2.06 bits per heavy atom. The molecule has 0 amide bonds. The molecule has 5 heteroatoms. The zero-order valence-electron chi connectivity index (χ0n) is 10.5. The summed E-state index contributed by atoms with van der Waals surface area (Å²) in [5, 5.41) is 6.10. The first-order valence-corrected chi connectivity index (χ1v) is 8.51. The summed E-state index contributed by atoms with van der Waals surface area (Å²) in [4.78, 5) is 0. The number of rotatable bonds is 5. The van der Waals surface area contributed by atoms with Gasteiger partial charge in [-0.2, -0.15) is 0 Å². The highest BCUT2D eigenvalue weighted by Gasteiger charge is 2.14. The Morgan fingerprint density at radius 1 is 1.28 bits per heavy atom. The van der Waals surface area contributed by atoms with E-state index in [1.807, 2.05) is 12.1 Å². The molecular weight excluding hydrogens is 266 g/mol. The molecule has 1 aromatic carbocycles. The number of benzene rings is 1. The molecule has 0 spiro atoms. The quantitative estimate of drug-likeness (QED) is 0.917. The van der Waals surface area contributed by atoms with Crippen LogP contribution >= 0.6 is 11.3 Å². The summed E-state index contributed by atoms with van der Waals surface area (Å²) in [6, 6.07) is 8.16. The molecule has 0 aliphatic heterocycles. The Bertz CT molecular complexity index is 629. The van der Waals surface area contributed by atoms with Crippen LogP contribution in [0.25, 0.3) is 10.1 Å². The fraction of sp³-hybridized carbons (Fsp3) is 0.385. The van der Waals surface area contributed by atoms with Crippen molar-refractivity contribution < 1.29 is 8.42 Å². The minimum atomic E-state index is -2.96. The highest BCUT2D eigenvalue weighted by molar-refractivity contribution is 7.92. The van der Waals surface area contributed by atoms with Gasteiger partial charge in [0.05, 0.1) is 11.0 Å². The van der Waals surface area contributed by atoms with Crippen molar-refractivity contribution in [1.29, 1.82) is 0 Å². The zero-order chi connectivity index (χ0) is 13.2. The third-order valence-corrected chi connectivity index (χ3v) is 5.99. The van der Waals surface area contributed by atoms with Crippen molar-refractivity contribution in [3.05, 3.63) is 29.6 Å². The van der Waals surface area contributed by atoms with Gasteiger partial charge >= 0.3 is 0 Å². The molecule has 0 aliphatic carbocycles. The van der Waals surface area contributed by atoms with E-state index in [9.17, 15) is 8.42 Å². The molecule has 0 saturated heterocycles. The third-order valence-electron chi connectivity index (χ3n) is 2.89. The van der Waals surface area contributed by atoms with E-state index < -0.39 is 9.84 Å². The Morgan fingerprint density at radius 3 is 2.78 bits per heavy atom. The molecule has 2 aromatic rings. The van der Waals surface area contributed by atoms with Gasteiger partial charge in [-0.1, -0.05) is 0 Å². The normalized spacial score (nSPS) is 12.2. The van der Waals surface area contributed by atoms with Crippen LogP contribution in [0.4, 0.5) is 5.69 Å².